The zero-order chi connectivity index (χ0) is 11.7. The molecule has 0 amide bonds. The minimum absolute atomic E-state index is 0.150. The maximum atomic E-state index is 13.6. The average Bonchev–Trinajstić information content (AvgIpc) is 2.58. The summed E-state index contributed by atoms with van der Waals surface area (Å²) >= 11 is 4.99. The molecular weight excluding hydrogens is 229 g/mol. The van der Waals surface area contributed by atoms with E-state index in [1.165, 1.54) is 6.20 Å². The van der Waals surface area contributed by atoms with Gasteiger partial charge in [0.1, 0.15) is 10.3 Å². The number of aromatic nitrogens is 3. The minimum Gasteiger partial charge on any atom is -0.298 e. The summed E-state index contributed by atoms with van der Waals surface area (Å²) in [5.74, 6) is -0.554. The molecule has 2 aromatic rings. The first-order valence-electron chi connectivity index (χ1n) is 4.49. The Labute approximate surface area is 95.7 Å². The third-order valence-corrected chi connectivity index (χ3v) is 2.53. The summed E-state index contributed by atoms with van der Waals surface area (Å²) < 4.78 is 15.7. The predicted octanol–water partition coefficient (Wildman–Crippen LogP) is 2.10. The molecule has 0 spiro atoms. The van der Waals surface area contributed by atoms with E-state index in [4.69, 9.17) is 12.2 Å². The summed E-state index contributed by atoms with van der Waals surface area (Å²) in [4.78, 5) is 14.3. The lowest BCUT2D eigenvalue weighted by atomic mass is 10.2. The van der Waals surface area contributed by atoms with Crippen molar-refractivity contribution in [2.75, 3.05) is 0 Å². The van der Waals surface area contributed by atoms with Crippen LogP contribution in [0.1, 0.15) is 10.4 Å². The number of pyridine rings is 1. The molecule has 0 atom stereocenters. The molecule has 16 heavy (non-hydrogen) atoms. The normalized spacial score (nSPS) is 10.4. The number of rotatable bonds is 2. The molecule has 0 aliphatic carbocycles. The maximum Gasteiger partial charge on any atom is 0.151 e. The number of nitrogens with one attached hydrogen (secondary N) is 1. The van der Waals surface area contributed by atoms with Crippen molar-refractivity contribution in [1.82, 2.24) is 14.8 Å². The number of aromatic amines is 1. The van der Waals surface area contributed by atoms with Crippen LogP contribution in [0.15, 0.2) is 18.3 Å². The highest BCUT2D eigenvalue weighted by Gasteiger charge is 2.09. The van der Waals surface area contributed by atoms with Crippen LogP contribution >= 0.6 is 12.2 Å². The number of hydrogen-bond acceptors (Lipinski definition) is 3. The number of nitrogens with zero attached hydrogens (tertiary/aromatic N) is 2. The van der Waals surface area contributed by atoms with Crippen molar-refractivity contribution in [2.24, 2.45) is 7.05 Å². The number of hydrogen-bond donors (Lipinski definition) is 1. The van der Waals surface area contributed by atoms with Crippen molar-refractivity contribution < 1.29 is 9.18 Å². The Balaban J connectivity index is 2.56. The van der Waals surface area contributed by atoms with Crippen molar-refractivity contribution in [3.05, 3.63) is 34.4 Å². The van der Waals surface area contributed by atoms with E-state index in [0.29, 0.717) is 16.6 Å². The van der Waals surface area contributed by atoms with Gasteiger partial charge < -0.3 is 0 Å². The van der Waals surface area contributed by atoms with Gasteiger partial charge in [-0.1, -0.05) is 12.2 Å². The molecule has 4 nitrogen and oxygen atoms in total. The summed E-state index contributed by atoms with van der Waals surface area (Å²) in [5.41, 5.74) is 0.843. The van der Waals surface area contributed by atoms with Gasteiger partial charge in [0, 0.05) is 24.9 Å². The van der Waals surface area contributed by atoms with Crippen molar-refractivity contribution in [3.63, 3.8) is 0 Å². The van der Waals surface area contributed by atoms with Gasteiger partial charge in [-0.25, -0.2) is 4.39 Å². The van der Waals surface area contributed by atoms with E-state index in [-0.39, 0.29) is 11.3 Å². The zero-order valence-corrected chi connectivity index (χ0v) is 9.21. The smallest absolute Gasteiger partial charge is 0.151 e. The highest BCUT2D eigenvalue weighted by atomic mass is 32.1. The van der Waals surface area contributed by atoms with Gasteiger partial charge in [-0.3, -0.25) is 19.6 Å². The fraction of sp³-hybridized carbons (Fsp3) is 0.100. The maximum absolute atomic E-state index is 13.6. The van der Waals surface area contributed by atoms with E-state index < -0.39 is 5.82 Å². The fourth-order valence-corrected chi connectivity index (χ4v) is 1.49. The van der Waals surface area contributed by atoms with Gasteiger partial charge in [0.25, 0.3) is 0 Å². The standard InChI is InChI=1S/C10H8FN3OS/c1-14-9(16)3-8(13-14)10-7(11)2-6(5-15)4-12-10/h2-5,13H,1H3. The second-order valence-electron chi connectivity index (χ2n) is 3.28. The monoisotopic (exact) mass is 237 g/mol. The molecule has 0 fully saturated rings. The molecule has 6 heteroatoms. The number of aldehydes is 1. The van der Waals surface area contributed by atoms with Crippen LogP contribution in [0, 0.1) is 10.5 Å². The van der Waals surface area contributed by atoms with E-state index in [2.05, 4.69) is 10.1 Å². The van der Waals surface area contributed by atoms with Crippen LogP contribution in [-0.4, -0.2) is 21.1 Å². The van der Waals surface area contributed by atoms with Crippen LogP contribution in [-0.2, 0) is 7.05 Å². The zero-order valence-electron chi connectivity index (χ0n) is 8.40. The third-order valence-electron chi connectivity index (χ3n) is 2.14. The number of carbonyl (C=O) groups is 1. The Morgan fingerprint density at radius 1 is 1.56 bits per heavy atom. The number of halogens is 1. The molecule has 1 N–H and O–H groups in total. The van der Waals surface area contributed by atoms with Crippen molar-refractivity contribution in [3.8, 4) is 11.4 Å². The predicted molar refractivity (Wildman–Crippen MR) is 59.2 cm³/mol. The summed E-state index contributed by atoms with van der Waals surface area (Å²) in [5, 5.41) is 2.86. The highest BCUT2D eigenvalue weighted by Crippen LogP contribution is 2.18. The molecule has 0 bridgehead atoms. The van der Waals surface area contributed by atoms with Crippen LogP contribution in [0.5, 0.6) is 0 Å². The van der Waals surface area contributed by atoms with Crippen LogP contribution in [0.25, 0.3) is 11.4 Å². The van der Waals surface area contributed by atoms with Crippen molar-refractivity contribution in [1.29, 1.82) is 0 Å². The molecule has 0 aromatic carbocycles. The van der Waals surface area contributed by atoms with Crippen LogP contribution in [0.3, 0.4) is 0 Å². The van der Waals surface area contributed by atoms with Crippen LogP contribution < -0.4 is 0 Å². The first-order chi connectivity index (χ1) is 7.61. The number of carbonyl (C=O) groups excluding carboxylic acids is 1. The second-order valence-corrected chi connectivity index (χ2v) is 3.70. The summed E-state index contributed by atoms with van der Waals surface area (Å²) in [6.07, 6.45) is 1.86. The molecule has 0 aliphatic heterocycles. The second kappa shape index (κ2) is 3.97. The van der Waals surface area contributed by atoms with Gasteiger partial charge in [0.15, 0.2) is 12.1 Å². The Morgan fingerprint density at radius 2 is 2.31 bits per heavy atom. The van der Waals surface area contributed by atoms with Gasteiger partial charge >= 0.3 is 0 Å². The molecule has 2 heterocycles. The topological polar surface area (TPSA) is 50.7 Å². The lowest BCUT2D eigenvalue weighted by Gasteiger charge is -1.99. The lowest BCUT2D eigenvalue weighted by molar-refractivity contribution is 0.112. The first kappa shape index (κ1) is 10.7. The van der Waals surface area contributed by atoms with E-state index in [1.807, 2.05) is 0 Å². The van der Waals surface area contributed by atoms with Gasteiger partial charge in [0.2, 0.25) is 0 Å². The average molecular weight is 237 g/mol. The Morgan fingerprint density at radius 3 is 2.81 bits per heavy atom. The highest BCUT2D eigenvalue weighted by molar-refractivity contribution is 7.71. The summed E-state index contributed by atoms with van der Waals surface area (Å²) in [7, 11) is 1.73. The molecule has 0 saturated carbocycles. The SMILES string of the molecule is Cn1[nH]c(-c2ncc(C=O)cc2F)cc1=S. The molecule has 0 radical (unpaired) electrons. The van der Waals surface area contributed by atoms with E-state index in [0.717, 1.165) is 6.07 Å². The molecule has 2 rings (SSSR count). The van der Waals surface area contributed by atoms with Crippen LogP contribution in [0.2, 0.25) is 0 Å². The van der Waals surface area contributed by atoms with E-state index in [9.17, 15) is 9.18 Å². The third kappa shape index (κ3) is 1.79. The quantitative estimate of drug-likeness (QED) is 0.642. The van der Waals surface area contributed by atoms with E-state index in [1.54, 1.807) is 17.8 Å². The lowest BCUT2D eigenvalue weighted by Crippen LogP contribution is -1.94. The number of H-pyrrole nitrogens is 1. The largest absolute Gasteiger partial charge is 0.298 e. The van der Waals surface area contributed by atoms with Crippen molar-refractivity contribution >= 4 is 18.5 Å². The molecular formula is C10H8FN3OS. The fourth-order valence-electron chi connectivity index (χ4n) is 1.33. The van der Waals surface area contributed by atoms with Gasteiger partial charge in [0.05, 0.1) is 5.69 Å². The summed E-state index contributed by atoms with van der Waals surface area (Å²) in [6, 6.07) is 2.75. The Kier molecular flexibility index (Phi) is 2.66. The Bertz CT molecular complexity index is 602. The molecule has 0 saturated heterocycles. The van der Waals surface area contributed by atoms with Crippen molar-refractivity contribution in [2.45, 2.75) is 0 Å². The molecule has 0 unspecified atom stereocenters. The molecule has 2 aromatic heterocycles. The van der Waals surface area contributed by atoms with Gasteiger partial charge in [-0.05, 0) is 6.07 Å². The minimum atomic E-state index is -0.554. The van der Waals surface area contributed by atoms with Gasteiger partial charge in [-0.15, -0.1) is 0 Å². The molecule has 0 aliphatic rings. The number of aryl methyl sites for hydroxylation is 1. The Hall–Kier alpha value is -1.82. The van der Waals surface area contributed by atoms with E-state index >= 15 is 0 Å². The summed E-state index contributed by atoms with van der Waals surface area (Å²) in [6.45, 7) is 0. The first-order valence-corrected chi connectivity index (χ1v) is 4.90. The molecule has 82 valence electrons. The van der Waals surface area contributed by atoms with Gasteiger partial charge in [-0.2, -0.15) is 0 Å². The van der Waals surface area contributed by atoms with Crippen LogP contribution in [0.4, 0.5) is 4.39 Å².